The summed E-state index contributed by atoms with van der Waals surface area (Å²) in [7, 11) is 0. The Bertz CT molecular complexity index is 733. The van der Waals surface area contributed by atoms with Gasteiger partial charge in [0.25, 0.3) is 5.88 Å². The maximum atomic E-state index is 12.2. The number of aromatic nitrogens is 3. The minimum Gasteiger partial charge on any atom is -0.472 e. The predicted octanol–water partition coefficient (Wildman–Crippen LogP) is 0.317. The van der Waals surface area contributed by atoms with Gasteiger partial charge >= 0.3 is 0 Å². The zero-order valence-electron chi connectivity index (χ0n) is 13.8. The van der Waals surface area contributed by atoms with Crippen LogP contribution in [0.2, 0.25) is 0 Å². The van der Waals surface area contributed by atoms with E-state index in [0.717, 1.165) is 5.56 Å². The van der Waals surface area contributed by atoms with E-state index in [4.69, 9.17) is 4.74 Å². The molecule has 0 aliphatic carbocycles. The van der Waals surface area contributed by atoms with Gasteiger partial charge in [0.05, 0.1) is 12.5 Å². The van der Waals surface area contributed by atoms with Crippen molar-refractivity contribution in [1.82, 2.24) is 25.5 Å². The van der Waals surface area contributed by atoms with Crippen molar-refractivity contribution in [2.75, 3.05) is 19.7 Å². The molecule has 9 nitrogen and oxygen atoms in total. The van der Waals surface area contributed by atoms with Crippen LogP contribution in [0.5, 0.6) is 5.88 Å². The molecule has 1 aliphatic heterocycles. The molecule has 0 aromatic carbocycles. The van der Waals surface area contributed by atoms with Gasteiger partial charge in [-0.25, -0.2) is 4.63 Å². The van der Waals surface area contributed by atoms with Crippen LogP contribution in [0.25, 0.3) is 0 Å². The molecule has 1 atom stereocenters. The summed E-state index contributed by atoms with van der Waals surface area (Å²) in [5.74, 6) is -0.210. The van der Waals surface area contributed by atoms with Gasteiger partial charge in [-0.15, -0.1) is 0 Å². The van der Waals surface area contributed by atoms with Crippen molar-refractivity contribution in [3.63, 3.8) is 0 Å². The van der Waals surface area contributed by atoms with Crippen molar-refractivity contribution in [3.8, 4) is 5.88 Å². The molecule has 2 amide bonds. The van der Waals surface area contributed by atoms with E-state index in [-0.39, 0.29) is 30.8 Å². The molecule has 1 N–H and O–H groups in total. The highest BCUT2D eigenvalue weighted by Gasteiger charge is 2.34. The second kappa shape index (κ2) is 7.73. The lowest BCUT2D eigenvalue weighted by Gasteiger charge is -2.16. The van der Waals surface area contributed by atoms with Gasteiger partial charge in [0, 0.05) is 31.9 Å². The number of ether oxygens (including phenoxy) is 1. The molecular formula is C16H19N5O4. The van der Waals surface area contributed by atoms with Crippen LogP contribution >= 0.6 is 0 Å². The van der Waals surface area contributed by atoms with Gasteiger partial charge in [0.1, 0.15) is 12.3 Å². The molecule has 0 saturated carbocycles. The standard InChI is InChI=1S/C16H19N5O4/c1-11-16(20-25-19-11)24-6-5-18-15(23)13-7-14(22)21(10-13)9-12-3-2-4-17-8-12/h2-4,8,13H,5-7,9-10H2,1H3,(H,18,23)/t13-/m0/s1. The molecule has 9 heteroatoms. The van der Waals surface area contributed by atoms with Crippen molar-refractivity contribution in [1.29, 1.82) is 0 Å². The Morgan fingerprint density at radius 1 is 1.48 bits per heavy atom. The van der Waals surface area contributed by atoms with Crippen LogP contribution in [0.1, 0.15) is 17.7 Å². The predicted molar refractivity (Wildman–Crippen MR) is 85.3 cm³/mol. The first kappa shape index (κ1) is 16.9. The zero-order valence-corrected chi connectivity index (χ0v) is 13.8. The highest BCUT2D eigenvalue weighted by molar-refractivity contribution is 5.89. The van der Waals surface area contributed by atoms with Crippen LogP contribution in [-0.2, 0) is 16.1 Å². The minimum absolute atomic E-state index is 0.0236. The molecule has 2 aromatic heterocycles. The molecule has 3 heterocycles. The Balaban J connectivity index is 1.42. The van der Waals surface area contributed by atoms with Gasteiger partial charge in [-0.1, -0.05) is 11.2 Å². The Morgan fingerprint density at radius 2 is 2.36 bits per heavy atom. The summed E-state index contributed by atoms with van der Waals surface area (Å²) in [5.41, 5.74) is 1.50. The molecule has 132 valence electrons. The van der Waals surface area contributed by atoms with Crippen molar-refractivity contribution in [2.24, 2.45) is 5.92 Å². The van der Waals surface area contributed by atoms with Gasteiger partial charge in [-0.2, -0.15) is 0 Å². The van der Waals surface area contributed by atoms with E-state index in [0.29, 0.717) is 31.2 Å². The largest absolute Gasteiger partial charge is 0.472 e. The number of carbonyl (C=O) groups is 2. The molecular weight excluding hydrogens is 326 g/mol. The summed E-state index contributed by atoms with van der Waals surface area (Å²) < 4.78 is 9.86. The Kier molecular flexibility index (Phi) is 5.22. The summed E-state index contributed by atoms with van der Waals surface area (Å²) >= 11 is 0. The maximum absolute atomic E-state index is 12.2. The normalized spacial score (nSPS) is 16.9. The average Bonchev–Trinajstić information content (AvgIpc) is 3.18. The fourth-order valence-electron chi connectivity index (χ4n) is 2.63. The molecule has 2 aromatic rings. The number of aryl methyl sites for hydroxylation is 1. The third kappa shape index (κ3) is 4.31. The highest BCUT2D eigenvalue weighted by Crippen LogP contribution is 2.20. The van der Waals surface area contributed by atoms with Gasteiger partial charge < -0.3 is 15.0 Å². The lowest BCUT2D eigenvalue weighted by Crippen LogP contribution is -2.35. The summed E-state index contributed by atoms with van der Waals surface area (Å²) in [4.78, 5) is 30.0. The molecule has 25 heavy (non-hydrogen) atoms. The van der Waals surface area contributed by atoms with Crippen molar-refractivity contribution >= 4 is 11.8 Å². The second-order valence-electron chi connectivity index (χ2n) is 5.83. The monoisotopic (exact) mass is 345 g/mol. The average molecular weight is 345 g/mol. The van der Waals surface area contributed by atoms with Gasteiger partial charge in [0.15, 0.2) is 0 Å². The molecule has 3 rings (SSSR count). The summed E-state index contributed by atoms with van der Waals surface area (Å²) in [6.07, 6.45) is 3.63. The number of rotatable bonds is 7. The van der Waals surface area contributed by atoms with Crippen molar-refractivity contribution in [3.05, 3.63) is 35.8 Å². The number of hydrogen-bond acceptors (Lipinski definition) is 7. The smallest absolute Gasteiger partial charge is 0.278 e. The number of nitrogens with one attached hydrogen (secondary N) is 1. The summed E-state index contributed by atoms with van der Waals surface area (Å²) in [6, 6.07) is 3.73. The molecule has 0 bridgehead atoms. The summed E-state index contributed by atoms with van der Waals surface area (Å²) in [5, 5.41) is 9.97. The molecule has 0 spiro atoms. The number of likely N-dealkylation sites (tertiary alicyclic amines) is 1. The van der Waals surface area contributed by atoms with E-state index in [9.17, 15) is 9.59 Å². The first-order valence-corrected chi connectivity index (χ1v) is 8.00. The van der Waals surface area contributed by atoms with E-state index < -0.39 is 0 Å². The van der Waals surface area contributed by atoms with Gasteiger partial charge in [-0.05, 0) is 23.7 Å². The topological polar surface area (TPSA) is 110 Å². The molecule has 0 radical (unpaired) electrons. The minimum atomic E-state index is -0.348. The van der Waals surface area contributed by atoms with E-state index in [2.05, 4.69) is 25.2 Å². The van der Waals surface area contributed by atoms with Crippen LogP contribution in [0, 0.1) is 12.8 Å². The van der Waals surface area contributed by atoms with Crippen LogP contribution in [0.4, 0.5) is 0 Å². The highest BCUT2D eigenvalue weighted by atomic mass is 16.6. The van der Waals surface area contributed by atoms with E-state index in [1.54, 1.807) is 24.2 Å². The van der Waals surface area contributed by atoms with Crippen LogP contribution in [0.3, 0.4) is 0 Å². The number of hydrogen-bond donors (Lipinski definition) is 1. The fraction of sp³-hybridized carbons (Fsp3) is 0.438. The van der Waals surface area contributed by atoms with Crippen LogP contribution in [-0.4, -0.2) is 51.7 Å². The van der Waals surface area contributed by atoms with E-state index in [1.165, 1.54) is 0 Å². The molecule has 0 unspecified atom stereocenters. The lowest BCUT2D eigenvalue weighted by molar-refractivity contribution is -0.129. The lowest BCUT2D eigenvalue weighted by atomic mass is 10.1. The van der Waals surface area contributed by atoms with Gasteiger partial charge in [0.2, 0.25) is 11.8 Å². The quantitative estimate of drug-likeness (QED) is 0.719. The second-order valence-corrected chi connectivity index (χ2v) is 5.83. The number of nitrogens with zero attached hydrogens (tertiary/aromatic N) is 4. The zero-order chi connectivity index (χ0) is 17.6. The van der Waals surface area contributed by atoms with Gasteiger partial charge in [-0.3, -0.25) is 14.6 Å². The summed E-state index contributed by atoms with van der Waals surface area (Å²) in [6.45, 7) is 3.16. The Morgan fingerprint density at radius 3 is 3.08 bits per heavy atom. The third-order valence-corrected chi connectivity index (χ3v) is 3.93. The Hall–Kier alpha value is -2.97. The Labute approximate surface area is 144 Å². The van der Waals surface area contributed by atoms with E-state index in [1.807, 2.05) is 12.1 Å². The number of pyridine rings is 1. The molecule has 1 fully saturated rings. The number of carbonyl (C=O) groups excluding carboxylic acids is 2. The molecule has 1 saturated heterocycles. The first-order chi connectivity index (χ1) is 12.1. The van der Waals surface area contributed by atoms with Crippen molar-refractivity contribution in [2.45, 2.75) is 19.9 Å². The third-order valence-electron chi connectivity index (χ3n) is 3.93. The molecule has 1 aliphatic rings. The first-order valence-electron chi connectivity index (χ1n) is 8.00. The van der Waals surface area contributed by atoms with Crippen LogP contribution < -0.4 is 10.1 Å². The van der Waals surface area contributed by atoms with Crippen molar-refractivity contribution < 1.29 is 19.0 Å². The maximum Gasteiger partial charge on any atom is 0.278 e. The van der Waals surface area contributed by atoms with E-state index >= 15 is 0 Å². The SMILES string of the molecule is Cc1nonc1OCCNC(=O)[C@H]1CC(=O)N(Cc2cccnc2)C1. The van der Waals surface area contributed by atoms with Crippen LogP contribution in [0.15, 0.2) is 29.2 Å². The fourth-order valence-corrected chi connectivity index (χ4v) is 2.63. The number of amides is 2.